The molecule has 0 spiro atoms. The van der Waals surface area contributed by atoms with Gasteiger partial charge in [-0.2, -0.15) is 0 Å². The van der Waals surface area contributed by atoms with Gasteiger partial charge in [-0.3, -0.25) is 10.8 Å². The Kier molecular flexibility index (Phi) is 3.99. The normalized spacial score (nSPS) is 10.6. The SMILES string of the molecule is N=C(N)c1ccc(COc2ccc3cc(C(=N)N)sc3c2)cc1. The molecule has 6 heteroatoms. The molecule has 0 radical (unpaired) electrons. The number of nitrogens with two attached hydrogens (primary N) is 2. The smallest absolute Gasteiger partial charge is 0.133 e. The van der Waals surface area contributed by atoms with E-state index >= 15 is 0 Å². The average molecular weight is 324 g/mol. The highest BCUT2D eigenvalue weighted by atomic mass is 32.1. The molecule has 0 aliphatic carbocycles. The first-order chi connectivity index (χ1) is 11.0. The fourth-order valence-electron chi connectivity index (χ4n) is 2.18. The number of thiophene rings is 1. The molecule has 0 fully saturated rings. The molecule has 3 rings (SSSR count). The van der Waals surface area contributed by atoms with Crippen LogP contribution in [0.2, 0.25) is 0 Å². The van der Waals surface area contributed by atoms with E-state index < -0.39 is 0 Å². The summed E-state index contributed by atoms with van der Waals surface area (Å²) in [6.07, 6.45) is 0. The molecule has 0 aliphatic heterocycles. The zero-order valence-corrected chi connectivity index (χ0v) is 13.1. The Bertz CT molecular complexity index is 883. The highest BCUT2D eigenvalue weighted by Crippen LogP contribution is 2.29. The first-order valence-electron chi connectivity index (χ1n) is 6.97. The van der Waals surface area contributed by atoms with Crippen LogP contribution in [0.1, 0.15) is 16.0 Å². The van der Waals surface area contributed by atoms with Gasteiger partial charge in [-0.05, 0) is 35.2 Å². The number of benzene rings is 2. The van der Waals surface area contributed by atoms with Gasteiger partial charge in [0.15, 0.2) is 0 Å². The van der Waals surface area contributed by atoms with Gasteiger partial charge in [0, 0.05) is 10.3 Å². The van der Waals surface area contributed by atoms with Crippen molar-refractivity contribution in [3.8, 4) is 5.75 Å². The van der Waals surface area contributed by atoms with Crippen LogP contribution in [0.5, 0.6) is 5.75 Å². The molecule has 0 bridgehead atoms. The summed E-state index contributed by atoms with van der Waals surface area (Å²) in [5.74, 6) is 0.909. The van der Waals surface area contributed by atoms with Gasteiger partial charge in [0.05, 0.1) is 4.88 Å². The van der Waals surface area contributed by atoms with Crippen LogP contribution in [-0.4, -0.2) is 11.7 Å². The summed E-state index contributed by atoms with van der Waals surface area (Å²) in [6.45, 7) is 0.439. The van der Waals surface area contributed by atoms with Gasteiger partial charge in [-0.15, -0.1) is 11.3 Å². The number of hydrogen-bond acceptors (Lipinski definition) is 4. The van der Waals surface area contributed by atoms with Crippen LogP contribution in [0, 0.1) is 10.8 Å². The molecule has 1 aromatic heterocycles. The van der Waals surface area contributed by atoms with E-state index in [0.717, 1.165) is 26.3 Å². The van der Waals surface area contributed by atoms with Gasteiger partial charge in [0.25, 0.3) is 0 Å². The molecule has 23 heavy (non-hydrogen) atoms. The lowest BCUT2D eigenvalue weighted by Gasteiger charge is -2.07. The molecule has 0 saturated carbocycles. The van der Waals surface area contributed by atoms with Crippen molar-refractivity contribution in [2.45, 2.75) is 6.61 Å². The fraction of sp³-hybridized carbons (Fsp3) is 0.0588. The summed E-state index contributed by atoms with van der Waals surface area (Å²) >= 11 is 1.48. The Morgan fingerprint density at radius 3 is 2.35 bits per heavy atom. The Morgan fingerprint density at radius 1 is 0.957 bits per heavy atom. The van der Waals surface area contributed by atoms with Crippen molar-refractivity contribution in [3.63, 3.8) is 0 Å². The van der Waals surface area contributed by atoms with E-state index in [1.54, 1.807) is 0 Å². The van der Waals surface area contributed by atoms with Crippen molar-refractivity contribution in [1.29, 1.82) is 10.8 Å². The minimum Gasteiger partial charge on any atom is -0.489 e. The number of rotatable bonds is 5. The van der Waals surface area contributed by atoms with Gasteiger partial charge < -0.3 is 16.2 Å². The van der Waals surface area contributed by atoms with E-state index in [9.17, 15) is 0 Å². The fourth-order valence-corrected chi connectivity index (χ4v) is 3.13. The summed E-state index contributed by atoms with van der Waals surface area (Å²) in [4.78, 5) is 0.761. The Hall–Kier alpha value is -2.86. The number of amidine groups is 2. The van der Waals surface area contributed by atoms with Crippen molar-refractivity contribution < 1.29 is 4.74 Å². The minimum atomic E-state index is 0.0573. The van der Waals surface area contributed by atoms with Gasteiger partial charge in [0.1, 0.15) is 24.0 Å². The molecule has 5 nitrogen and oxygen atoms in total. The minimum absolute atomic E-state index is 0.0573. The lowest BCUT2D eigenvalue weighted by atomic mass is 10.1. The maximum Gasteiger partial charge on any atom is 0.133 e. The van der Waals surface area contributed by atoms with Crippen LogP contribution in [0.15, 0.2) is 48.5 Å². The molecule has 0 amide bonds. The van der Waals surface area contributed by atoms with Crippen molar-refractivity contribution in [2.24, 2.45) is 11.5 Å². The summed E-state index contributed by atoms with van der Waals surface area (Å²) in [6, 6.07) is 15.1. The first-order valence-corrected chi connectivity index (χ1v) is 7.79. The van der Waals surface area contributed by atoms with Gasteiger partial charge in [-0.1, -0.05) is 24.3 Å². The predicted octanol–water partition coefficient (Wildman–Crippen LogP) is 3.05. The van der Waals surface area contributed by atoms with E-state index in [-0.39, 0.29) is 11.7 Å². The van der Waals surface area contributed by atoms with Crippen molar-refractivity contribution in [1.82, 2.24) is 0 Å². The quantitative estimate of drug-likeness (QED) is 0.428. The molecule has 3 aromatic rings. The van der Waals surface area contributed by atoms with Crippen LogP contribution in [0.25, 0.3) is 10.1 Å². The number of nitrogen functional groups attached to an aromatic ring is 2. The van der Waals surface area contributed by atoms with Crippen molar-refractivity contribution >= 4 is 33.1 Å². The molecule has 0 atom stereocenters. The highest BCUT2D eigenvalue weighted by Gasteiger charge is 2.06. The van der Waals surface area contributed by atoms with E-state index in [1.165, 1.54) is 11.3 Å². The average Bonchev–Trinajstić information content (AvgIpc) is 2.97. The van der Waals surface area contributed by atoms with Crippen LogP contribution in [-0.2, 0) is 6.61 Å². The van der Waals surface area contributed by atoms with Gasteiger partial charge >= 0.3 is 0 Å². The third-order valence-electron chi connectivity index (χ3n) is 3.43. The van der Waals surface area contributed by atoms with E-state index in [4.69, 9.17) is 27.0 Å². The van der Waals surface area contributed by atoms with Gasteiger partial charge in [0.2, 0.25) is 0 Å². The Labute approximate surface area is 137 Å². The largest absolute Gasteiger partial charge is 0.489 e. The number of hydrogen-bond donors (Lipinski definition) is 4. The Morgan fingerprint density at radius 2 is 1.70 bits per heavy atom. The summed E-state index contributed by atoms with van der Waals surface area (Å²) < 4.78 is 6.85. The zero-order valence-electron chi connectivity index (χ0n) is 12.3. The number of nitrogens with one attached hydrogen (secondary N) is 2. The molecular weight excluding hydrogens is 308 g/mol. The second-order valence-electron chi connectivity index (χ2n) is 5.12. The van der Waals surface area contributed by atoms with Gasteiger partial charge in [-0.25, -0.2) is 0 Å². The number of fused-ring (bicyclic) bond motifs is 1. The van der Waals surface area contributed by atoms with Crippen LogP contribution in [0.3, 0.4) is 0 Å². The maximum atomic E-state index is 7.50. The monoisotopic (exact) mass is 324 g/mol. The van der Waals surface area contributed by atoms with E-state index in [1.807, 2.05) is 48.5 Å². The molecule has 2 aromatic carbocycles. The van der Waals surface area contributed by atoms with Crippen molar-refractivity contribution in [2.75, 3.05) is 0 Å². The topological polar surface area (TPSA) is 109 Å². The summed E-state index contributed by atoms with van der Waals surface area (Å²) in [7, 11) is 0. The Balaban J connectivity index is 1.73. The second-order valence-corrected chi connectivity index (χ2v) is 6.21. The lowest BCUT2D eigenvalue weighted by molar-refractivity contribution is 0.306. The molecule has 0 unspecified atom stereocenters. The third-order valence-corrected chi connectivity index (χ3v) is 4.56. The second kappa shape index (κ2) is 6.10. The molecular formula is C17H16N4OS. The molecule has 0 saturated heterocycles. The van der Waals surface area contributed by atoms with Crippen LogP contribution in [0.4, 0.5) is 0 Å². The molecule has 6 N–H and O–H groups in total. The summed E-state index contributed by atoms with van der Waals surface area (Å²) in [5.41, 5.74) is 12.7. The first kappa shape index (κ1) is 15.1. The maximum absolute atomic E-state index is 7.50. The van der Waals surface area contributed by atoms with E-state index in [2.05, 4.69) is 0 Å². The zero-order chi connectivity index (χ0) is 16.4. The molecule has 0 aliphatic rings. The predicted molar refractivity (Wildman–Crippen MR) is 94.6 cm³/mol. The van der Waals surface area contributed by atoms with Crippen molar-refractivity contribution in [3.05, 3.63) is 64.5 Å². The number of ether oxygens (including phenoxy) is 1. The standard InChI is InChI=1S/C17H16N4OS/c18-16(19)11-3-1-10(2-4-11)9-22-13-6-5-12-7-15(17(20)21)23-14(12)8-13/h1-8H,9H2,(H3,18,19)(H3,20,21). The van der Waals surface area contributed by atoms with E-state index in [0.29, 0.717) is 12.2 Å². The molecule has 116 valence electrons. The third kappa shape index (κ3) is 3.32. The highest BCUT2D eigenvalue weighted by molar-refractivity contribution is 7.20. The lowest BCUT2D eigenvalue weighted by Crippen LogP contribution is -2.10. The van der Waals surface area contributed by atoms with Crippen LogP contribution < -0.4 is 16.2 Å². The summed E-state index contributed by atoms with van der Waals surface area (Å²) in [5, 5.41) is 15.9. The van der Waals surface area contributed by atoms with Crippen LogP contribution >= 0.6 is 11.3 Å². The molecule has 1 heterocycles.